The summed E-state index contributed by atoms with van der Waals surface area (Å²) in [7, 11) is -3.64. The second kappa shape index (κ2) is 25.8. The Balaban J connectivity index is 0.732. The van der Waals surface area contributed by atoms with Gasteiger partial charge < -0.3 is 45.0 Å². The van der Waals surface area contributed by atoms with Crippen LogP contribution in [-0.2, 0) is 54.8 Å². The van der Waals surface area contributed by atoms with Crippen molar-refractivity contribution in [3.05, 3.63) is 124 Å². The van der Waals surface area contributed by atoms with Gasteiger partial charge in [-0.15, -0.1) is 11.3 Å². The van der Waals surface area contributed by atoms with Crippen LogP contribution >= 0.6 is 11.3 Å². The molecule has 0 radical (unpaired) electrons. The lowest BCUT2D eigenvalue weighted by atomic mass is 10.0. The molecule has 2 atom stereocenters. The standard InChI is InChI=1S/C49H52N8O15S2/c1-74(66,67)56-19-16-34(26-56)44(61)52-36(45(62)55-49-53-37(30-73-49)32-6-3-2-4-7-32)28-71-27-31-10-12-33(13-11-31)43(60)51-18-21-69-23-25-70-24-22-68-20-17-50-41(59)29-72-39-9-5-8-35-42(39)48(65)57(47(35)64)38-14-15-40(58)54-46(38)63/h2-13,16,19,26,30,36,38H,14-15,17-18,20-25,27-29H2,1H3,(H,50,59)(H,51,60)(H,52,61)(H,53,55,62)(H,54,58,63)/t36-,38?/m0/s1. The van der Waals surface area contributed by atoms with Crippen LogP contribution in [0, 0.1) is 0 Å². The lowest BCUT2D eigenvalue weighted by Crippen LogP contribution is -2.54. The molecular weight excluding hydrogens is 1000 g/mol. The Morgan fingerprint density at radius 3 is 2.19 bits per heavy atom. The number of fused-ring (bicyclic) bond motifs is 1. The van der Waals surface area contributed by atoms with Gasteiger partial charge in [-0.1, -0.05) is 48.5 Å². The second-order valence-electron chi connectivity index (χ2n) is 16.5. The van der Waals surface area contributed by atoms with Gasteiger partial charge in [0.1, 0.15) is 17.8 Å². The molecule has 4 heterocycles. The molecule has 7 rings (SSSR count). The minimum Gasteiger partial charge on any atom is -0.483 e. The molecule has 2 aliphatic rings. The number of hydrogen-bond donors (Lipinski definition) is 5. The highest BCUT2D eigenvalue weighted by Gasteiger charge is 2.46. The first-order chi connectivity index (χ1) is 35.7. The van der Waals surface area contributed by atoms with Gasteiger partial charge in [-0.05, 0) is 42.3 Å². The van der Waals surface area contributed by atoms with E-state index in [4.69, 9.17) is 23.7 Å². The fraction of sp³-hybridized carbons (Fsp3) is 0.327. The van der Waals surface area contributed by atoms with E-state index in [1.165, 1.54) is 41.8 Å². The first-order valence-corrected chi connectivity index (χ1v) is 25.8. The van der Waals surface area contributed by atoms with Crippen molar-refractivity contribution < 1.29 is 70.5 Å². The molecule has 1 saturated heterocycles. The van der Waals surface area contributed by atoms with Crippen molar-refractivity contribution in [1.29, 1.82) is 0 Å². The second-order valence-corrected chi connectivity index (χ2v) is 19.2. The Hall–Kier alpha value is -7.68. The molecule has 3 aromatic carbocycles. The third kappa shape index (κ3) is 14.7. The maximum absolute atomic E-state index is 13.5. The number of anilines is 1. The normalized spacial score (nSPS) is 14.8. The predicted octanol–water partition coefficient (Wildman–Crippen LogP) is 1.75. The molecule has 2 aromatic heterocycles. The number of thiazole rings is 1. The van der Waals surface area contributed by atoms with Gasteiger partial charge in [0.2, 0.25) is 21.8 Å². The fourth-order valence-electron chi connectivity index (χ4n) is 7.40. The molecule has 0 aliphatic carbocycles. The van der Waals surface area contributed by atoms with Crippen LogP contribution in [0.15, 0.2) is 96.6 Å². The summed E-state index contributed by atoms with van der Waals surface area (Å²) in [6.45, 7) is 1.19. The summed E-state index contributed by atoms with van der Waals surface area (Å²) < 4.78 is 52.7. The smallest absolute Gasteiger partial charge is 0.266 e. The van der Waals surface area contributed by atoms with Crippen molar-refractivity contribution in [2.24, 2.45) is 0 Å². The summed E-state index contributed by atoms with van der Waals surface area (Å²) >= 11 is 1.21. The van der Waals surface area contributed by atoms with Gasteiger partial charge in [-0.25, -0.2) is 13.4 Å². The van der Waals surface area contributed by atoms with Gasteiger partial charge in [0.15, 0.2) is 11.7 Å². The van der Waals surface area contributed by atoms with Gasteiger partial charge in [0.25, 0.3) is 35.4 Å². The SMILES string of the molecule is CS(=O)(=O)n1ccc(C(=O)N[C@@H](COCc2ccc(C(=O)NCCOCCOCCOCCNC(=O)COc3cccc4c3C(=O)N(C3CCC(=O)NC3=O)C4=O)cc2)C(=O)Nc2nc(-c3ccccc3)cs2)c1. The number of carbonyl (C=O) groups is 8. The average Bonchev–Trinajstić information content (AvgIpc) is 4.14. The Bertz CT molecular complexity index is 2960. The number of nitrogens with one attached hydrogen (secondary N) is 5. The summed E-state index contributed by atoms with van der Waals surface area (Å²) in [5.74, 6) is -4.75. The number of hydrogen-bond acceptors (Lipinski definition) is 17. The maximum atomic E-state index is 13.5. The first kappa shape index (κ1) is 54.1. The number of ether oxygens (including phenoxy) is 5. The summed E-state index contributed by atoms with van der Waals surface area (Å²) in [4.78, 5) is 107. The summed E-state index contributed by atoms with van der Waals surface area (Å²) in [5.41, 5.74) is 2.59. The monoisotopic (exact) mass is 1060 g/mol. The first-order valence-electron chi connectivity index (χ1n) is 23.1. The lowest BCUT2D eigenvalue weighted by Gasteiger charge is -2.27. The van der Waals surface area contributed by atoms with Gasteiger partial charge in [-0.2, -0.15) is 0 Å². The van der Waals surface area contributed by atoms with E-state index in [2.05, 4.69) is 31.6 Å². The number of nitrogens with zero attached hydrogens (tertiary/aromatic N) is 3. The molecule has 0 saturated carbocycles. The Morgan fingerprint density at radius 1 is 0.797 bits per heavy atom. The minimum atomic E-state index is -3.64. The van der Waals surface area contributed by atoms with Gasteiger partial charge in [0, 0.05) is 48.4 Å². The molecule has 2 aliphatic heterocycles. The van der Waals surface area contributed by atoms with Crippen LogP contribution in [0.25, 0.3) is 11.3 Å². The Kier molecular flexibility index (Phi) is 18.9. The zero-order chi connectivity index (χ0) is 52.6. The number of rotatable bonds is 27. The zero-order valence-electron chi connectivity index (χ0n) is 39.9. The number of piperidine rings is 1. The molecule has 74 heavy (non-hydrogen) atoms. The molecule has 1 fully saturated rings. The Morgan fingerprint density at radius 2 is 1.50 bits per heavy atom. The van der Waals surface area contributed by atoms with Crippen LogP contribution < -0.4 is 31.3 Å². The van der Waals surface area contributed by atoms with E-state index in [1.807, 2.05) is 30.3 Å². The van der Waals surface area contributed by atoms with Crippen molar-refractivity contribution in [3.8, 4) is 17.0 Å². The van der Waals surface area contributed by atoms with E-state index < -0.39 is 70.1 Å². The summed E-state index contributed by atoms with van der Waals surface area (Å²) in [6, 6.07) is 19.4. The molecule has 23 nitrogen and oxygen atoms in total. The van der Waals surface area contributed by atoms with E-state index in [9.17, 15) is 46.8 Å². The third-order valence-corrected chi connectivity index (χ3v) is 12.9. The van der Waals surface area contributed by atoms with Crippen molar-refractivity contribution in [2.75, 3.05) is 77.5 Å². The van der Waals surface area contributed by atoms with E-state index in [0.717, 1.165) is 26.9 Å². The average molecular weight is 1060 g/mol. The molecule has 8 amide bonds. The van der Waals surface area contributed by atoms with Crippen molar-refractivity contribution in [2.45, 2.75) is 31.5 Å². The van der Waals surface area contributed by atoms with Crippen LogP contribution in [-0.4, -0.2) is 154 Å². The zero-order valence-corrected chi connectivity index (χ0v) is 41.5. The van der Waals surface area contributed by atoms with Crippen molar-refractivity contribution >= 4 is 73.7 Å². The third-order valence-electron chi connectivity index (χ3n) is 11.1. The van der Waals surface area contributed by atoms with E-state index >= 15 is 0 Å². The number of amides is 8. The van der Waals surface area contributed by atoms with Crippen LogP contribution in [0.2, 0.25) is 0 Å². The molecule has 5 N–H and O–H groups in total. The molecule has 5 aromatic rings. The minimum absolute atomic E-state index is 0.00996. The molecule has 390 valence electrons. The van der Waals surface area contributed by atoms with Crippen LogP contribution in [0.1, 0.15) is 59.8 Å². The van der Waals surface area contributed by atoms with Gasteiger partial charge >= 0.3 is 0 Å². The Labute approximate surface area is 428 Å². The van der Waals surface area contributed by atoms with Crippen molar-refractivity contribution in [3.63, 3.8) is 0 Å². The number of aromatic nitrogens is 2. The molecule has 1 unspecified atom stereocenters. The highest BCUT2D eigenvalue weighted by molar-refractivity contribution is 7.89. The topological polar surface area (TPSA) is 298 Å². The van der Waals surface area contributed by atoms with Gasteiger partial charge in [0.05, 0.1) is 81.5 Å². The van der Waals surface area contributed by atoms with E-state index in [1.54, 1.807) is 29.6 Å². The number of imide groups is 2. The van der Waals surface area contributed by atoms with E-state index in [0.29, 0.717) is 22.0 Å². The predicted molar refractivity (Wildman–Crippen MR) is 265 cm³/mol. The van der Waals surface area contributed by atoms with Crippen LogP contribution in [0.5, 0.6) is 5.75 Å². The van der Waals surface area contributed by atoms with Crippen LogP contribution in [0.4, 0.5) is 5.13 Å². The summed E-state index contributed by atoms with van der Waals surface area (Å²) in [6.07, 6.45) is 3.36. The fourth-order valence-corrected chi connectivity index (χ4v) is 8.71. The molecule has 0 spiro atoms. The van der Waals surface area contributed by atoms with E-state index in [-0.39, 0.29) is 107 Å². The highest BCUT2D eigenvalue weighted by atomic mass is 32.2. The van der Waals surface area contributed by atoms with Crippen molar-refractivity contribution in [1.82, 2.24) is 35.1 Å². The van der Waals surface area contributed by atoms with Crippen LogP contribution in [0.3, 0.4) is 0 Å². The lowest BCUT2D eigenvalue weighted by molar-refractivity contribution is -0.136. The molecule has 25 heteroatoms. The summed E-state index contributed by atoms with van der Waals surface area (Å²) in [5, 5.41) is 15.0. The van der Waals surface area contributed by atoms with Gasteiger partial charge in [-0.3, -0.25) is 52.5 Å². The molecule has 0 bridgehead atoms. The molecular formula is C49H52N8O15S2. The highest BCUT2D eigenvalue weighted by Crippen LogP contribution is 2.33. The quantitative estimate of drug-likeness (QED) is 0.0370. The maximum Gasteiger partial charge on any atom is 0.266 e. The number of carbonyl (C=O) groups excluding carboxylic acids is 8. The largest absolute Gasteiger partial charge is 0.483 e. The number of benzene rings is 3.